The molecule has 1 aliphatic carbocycles. The van der Waals surface area contributed by atoms with E-state index in [-0.39, 0.29) is 5.54 Å². The maximum atomic E-state index is 4.60. The van der Waals surface area contributed by atoms with Crippen LogP contribution in [0, 0.1) is 0 Å². The molecule has 0 aromatic carbocycles. The lowest BCUT2D eigenvalue weighted by Crippen LogP contribution is -2.47. The van der Waals surface area contributed by atoms with Crippen molar-refractivity contribution in [2.45, 2.75) is 31.2 Å². The van der Waals surface area contributed by atoms with Crippen molar-refractivity contribution in [3.63, 3.8) is 0 Å². The van der Waals surface area contributed by atoms with Crippen molar-refractivity contribution in [1.82, 2.24) is 14.9 Å². The van der Waals surface area contributed by atoms with Crippen molar-refractivity contribution in [3.05, 3.63) is 11.4 Å². The Labute approximate surface area is 129 Å². The van der Waals surface area contributed by atoms with Gasteiger partial charge in [-0.25, -0.2) is 4.98 Å². The third-order valence-corrected chi connectivity index (χ3v) is 5.42. The molecule has 114 valence electrons. The smallest absolute Gasteiger partial charge is 0.225 e. The van der Waals surface area contributed by atoms with E-state index in [9.17, 15) is 0 Å². The zero-order valence-corrected chi connectivity index (χ0v) is 13.8. The summed E-state index contributed by atoms with van der Waals surface area (Å²) in [7, 11) is 6.23. The molecule has 0 spiro atoms. The highest BCUT2D eigenvalue weighted by Gasteiger charge is 2.35. The summed E-state index contributed by atoms with van der Waals surface area (Å²) >= 11 is 1.65. The number of likely N-dealkylation sites (N-methyl/N-ethyl adjacent to an activating group) is 1. The van der Waals surface area contributed by atoms with Crippen molar-refractivity contribution in [2.75, 3.05) is 38.3 Å². The molecule has 2 heterocycles. The van der Waals surface area contributed by atoms with Gasteiger partial charge in [0.25, 0.3) is 0 Å². The summed E-state index contributed by atoms with van der Waals surface area (Å²) in [6, 6.07) is 2.10. The molecular formula is C15H23N5S. The molecule has 2 aromatic rings. The van der Waals surface area contributed by atoms with E-state index in [2.05, 4.69) is 51.0 Å². The number of nitrogens with zero attached hydrogens (tertiary/aromatic N) is 3. The lowest BCUT2D eigenvalue weighted by atomic mass is 9.96. The Hall–Kier alpha value is -1.40. The van der Waals surface area contributed by atoms with Gasteiger partial charge in [-0.1, -0.05) is 12.8 Å². The van der Waals surface area contributed by atoms with Crippen molar-refractivity contribution < 1.29 is 0 Å². The minimum absolute atomic E-state index is 0.257. The van der Waals surface area contributed by atoms with E-state index in [0.29, 0.717) is 5.95 Å². The summed E-state index contributed by atoms with van der Waals surface area (Å²) < 4.78 is 0. The average Bonchev–Trinajstić information content (AvgIpc) is 3.14. The predicted octanol–water partition coefficient (Wildman–Crippen LogP) is 3.02. The molecule has 0 unspecified atom stereocenters. The standard InChI is InChI=1S/C15H23N5S/c1-16-14-18-12(11-6-9-21-13(11)19-14)17-10-15(20(2)3)7-4-5-8-15/h6,9H,4-5,7-8,10H2,1-3H3,(H2,16,17,18,19). The molecular weight excluding hydrogens is 282 g/mol. The summed E-state index contributed by atoms with van der Waals surface area (Å²) in [6.07, 6.45) is 5.14. The minimum Gasteiger partial charge on any atom is -0.368 e. The minimum atomic E-state index is 0.257. The van der Waals surface area contributed by atoms with Crippen molar-refractivity contribution in [1.29, 1.82) is 0 Å². The maximum absolute atomic E-state index is 4.60. The Morgan fingerprint density at radius 2 is 2.05 bits per heavy atom. The normalized spacial score (nSPS) is 17.5. The Morgan fingerprint density at radius 3 is 2.71 bits per heavy atom. The fraction of sp³-hybridized carbons (Fsp3) is 0.600. The zero-order chi connectivity index (χ0) is 14.9. The van der Waals surface area contributed by atoms with Crippen LogP contribution in [0.1, 0.15) is 25.7 Å². The number of hydrogen-bond donors (Lipinski definition) is 2. The number of fused-ring (bicyclic) bond motifs is 1. The third-order valence-electron chi connectivity index (χ3n) is 4.62. The Balaban J connectivity index is 1.85. The first-order valence-electron chi connectivity index (χ1n) is 7.49. The molecule has 3 rings (SSSR count). The van der Waals surface area contributed by atoms with Gasteiger partial charge in [-0.2, -0.15) is 4.98 Å². The molecule has 0 bridgehead atoms. The van der Waals surface area contributed by atoms with E-state index in [0.717, 1.165) is 22.6 Å². The molecule has 5 nitrogen and oxygen atoms in total. The summed E-state index contributed by atoms with van der Waals surface area (Å²) in [4.78, 5) is 12.5. The lowest BCUT2D eigenvalue weighted by Gasteiger charge is -2.36. The molecule has 2 aromatic heterocycles. The fourth-order valence-electron chi connectivity index (χ4n) is 3.17. The number of rotatable bonds is 5. The van der Waals surface area contributed by atoms with E-state index >= 15 is 0 Å². The highest BCUT2D eigenvalue weighted by Crippen LogP contribution is 2.34. The number of anilines is 2. The highest BCUT2D eigenvalue weighted by atomic mass is 32.1. The second kappa shape index (κ2) is 5.77. The van der Waals surface area contributed by atoms with Gasteiger partial charge in [-0.05, 0) is 38.4 Å². The second-order valence-corrected chi connectivity index (χ2v) is 6.86. The predicted molar refractivity (Wildman–Crippen MR) is 90.3 cm³/mol. The van der Waals surface area contributed by atoms with Crippen molar-refractivity contribution in [2.24, 2.45) is 0 Å². The Morgan fingerprint density at radius 1 is 1.29 bits per heavy atom. The Bertz CT molecular complexity index is 616. The molecule has 6 heteroatoms. The molecule has 2 N–H and O–H groups in total. The monoisotopic (exact) mass is 305 g/mol. The topological polar surface area (TPSA) is 53.1 Å². The van der Waals surface area contributed by atoms with Gasteiger partial charge in [0.2, 0.25) is 5.95 Å². The van der Waals surface area contributed by atoms with E-state index in [4.69, 9.17) is 0 Å². The quantitative estimate of drug-likeness (QED) is 0.889. The first-order chi connectivity index (χ1) is 10.1. The molecule has 0 aliphatic heterocycles. The van der Waals surface area contributed by atoms with Crippen molar-refractivity contribution in [3.8, 4) is 0 Å². The molecule has 1 saturated carbocycles. The van der Waals surface area contributed by atoms with Crippen LogP contribution in [-0.4, -0.2) is 48.1 Å². The largest absolute Gasteiger partial charge is 0.368 e. The van der Waals surface area contributed by atoms with Gasteiger partial charge >= 0.3 is 0 Å². The first kappa shape index (κ1) is 14.5. The van der Waals surface area contributed by atoms with Crippen LogP contribution < -0.4 is 10.6 Å². The van der Waals surface area contributed by atoms with Crippen LogP contribution in [-0.2, 0) is 0 Å². The van der Waals surface area contributed by atoms with E-state index in [1.54, 1.807) is 11.3 Å². The van der Waals surface area contributed by atoms with Crippen LogP contribution in [0.25, 0.3) is 10.2 Å². The van der Waals surface area contributed by atoms with Crippen LogP contribution in [0.4, 0.5) is 11.8 Å². The molecule has 1 aliphatic rings. The zero-order valence-electron chi connectivity index (χ0n) is 12.9. The number of nitrogens with one attached hydrogen (secondary N) is 2. The third kappa shape index (κ3) is 2.70. The molecule has 21 heavy (non-hydrogen) atoms. The van der Waals surface area contributed by atoms with Crippen LogP contribution >= 0.6 is 11.3 Å². The Kier molecular flexibility index (Phi) is 3.99. The van der Waals surface area contributed by atoms with Gasteiger partial charge in [0.05, 0.1) is 5.39 Å². The second-order valence-electron chi connectivity index (χ2n) is 5.96. The molecule has 0 radical (unpaired) electrons. The van der Waals surface area contributed by atoms with Gasteiger partial charge < -0.3 is 15.5 Å². The van der Waals surface area contributed by atoms with Crippen LogP contribution in [0.5, 0.6) is 0 Å². The molecule has 1 fully saturated rings. The number of hydrogen-bond acceptors (Lipinski definition) is 6. The van der Waals surface area contributed by atoms with Gasteiger partial charge in [0.15, 0.2) is 0 Å². The van der Waals surface area contributed by atoms with Crippen LogP contribution in [0.2, 0.25) is 0 Å². The van der Waals surface area contributed by atoms with E-state index < -0.39 is 0 Å². The number of aromatic nitrogens is 2. The summed E-state index contributed by atoms with van der Waals surface area (Å²) in [5.41, 5.74) is 0.257. The molecule has 0 atom stereocenters. The van der Waals surface area contributed by atoms with Gasteiger partial charge in [0, 0.05) is 19.1 Å². The van der Waals surface area contributed by atoms with Gasteiger partial charge in [-0.3, -0.25) is 0 Å². The first-order valence-corrected chi connectivity index (χ1v) is 8.37. The lowest BCUT2D eigenvalue weighted by molar-refractivity contribution is 0.172. The van der Waals surface area contributed by atoms with Gasteiger partial charge in [0.1, 0.15) is 10.6 Å². The van der Waals surface area contributed by atoms with E-state index in [1.165, 1.54) is 25.7 Å². The summed E-state index contributed by atoms with van der Waals surface area (Å²) in [5, 5.41) is 9.82. The molecule has 0 amide bonds. The fourth-order valence-corrected chi connectivity index (χ4v) is 3.93. The summed E-state index contributed by atoms with van der Waals surface area (Å²) in [6.45, 7) is 0.936. The maximum Gasteiger partial charge on any atom is 0.225 e. The highest BCUT2D eigenvalue weighted by molar-refractivity contribution is 7.16. The number of thiophene rings is 1. The van der Waals surface area contributed by atoms with Crippen LogP contribution in [0.15, 0.2) is 11.4 Å². The molecule has 0 saturated heterocycles. The van der Waals surface area contributed by atoms with Crippen LogP contribution in [0.3, 0.4) is 0 Å². The van der Waals surface area contributed by atoms with E-state index in [1.807, 2.05) is 7.05 Å². The van der Waals surface area contributed by atoms with Crippen molar-refractivity contribution >= 4 is 33.3 Å². The summed E-state index contributed by atoms with van der Waals surface area (Å²) in [5.74, 6) is 1.62. The SMILES string of the molecule is CNc1nc(NCC2(N(C)C)CCCC2)c2ccsc2n1. The average molecular weight is 305 g/mol. The van der Waals surface area contributed by atoms with Gasteiger partial charge in [-0.15, -0.1) is 11.3 Å².